The molecule has 7 nitrogen and oxygen atoms in total. The van der Waals surface area contributed by atoms with Crippen LogP contribution in [0.4, 0.5) is 17.2 Å². The predicted octanol–water partition coefficient (Wildman–Crippen LogP) is 4.37. The van der Waals surface area contributed by atoms with E-state index >= 15 is 0 Å². The summed E-state index contributed by atoms with van der Waals surface area (Å²) in [6.45, 7) is 0. The second kappa shape index (κ2) is 9.47. The molecule has 7 heteroatoms. The van der Waals surface area contributed by atoms with Crippen LogP contribution >= 0.6 is 0 Å². The van der Waals surface area contributed by atoms with Gasteiger partial charge in [-0.25, -0.2) is 15.0 Å². The number of imidazole rings is 1. The van der Waals surface area contributed by atoms with Gasteiger partial charge in [-0.05, 0) is 42.7 Å². The Bertz CT molecular complexity index is 1080. The first kappa shape index (κ1) is 19.3. The molecular weight excluding hydrogens is 376 g/mol. The molecule has 1 amide bonds. The zero-order valence-electron chi connectivity index (χ0n) is 16.4. The Morgan fingerprint density at radius 2 is 1.77 bits per heavy atom. The van der Waals surface area contributed by atoms with Crippen molar-refractivity contribution in [3.63, 3.8) is 0 Å². The predicted molar refractivity (Wildman–Crippen MR) is 117 cm³/mol. The van der Waals surface area contributed by atoms with E-state index in [1.165, 1.54) is 11.9 Å². The molecule has 2 aromatic carbocycles. The Kier molecular flexibility index (Phi) is 6.10. The van der Waals surface area contributed by atoms with E-state index in [0.717, 1.165) is 30.0 Å². The van der Waals surface area contributed by atoms with E-state index in [0.29, 0.717) is 12.2 Å². The summed E-state index contributed by atoms with van der Waals surface area (Å²) in [4.78, 5) is 24.7. The van der Waals surface area contributed by atoms with Crippen molar-refractivity contribution < 1.29 is 4.79 Å². The van der Waals surface area contributed by atoms with Crippen LogP contribution in [0.15, 0.2) is 85.7 Å². The van der Waals surface area contributed by atoms with Crippen molar-refractivity contribution in [1.29, 1.82) is 0 Å². The highest BCUT2D eigenvalue weighted by Gasteiger charge is 2.05. The third-order valence-electron chi connectivity index (χ3n) is 4.57. The molecule has 0 radical (unpaired) electrons. The minimum Gasteiger partial charge on any atom is -0.340 e. The summed E-state index contributed by atoms with van der Waals surface area (Å²) in [5.74, 6) is 1.42. The normalized spacial score (nSPS) is 10.5. The molecule has 0 spiro atoms. The largest absolute Gasteiger partial charge is 0.340 e. The molecule has 2 heterocycles. The SMILES string of the molecule is O=C(CCCc1ccccc1)Nc1ccc(Nc2cc(-n3ccnc3)ncn2)cc1. The first-order valence-corrected chi connectivity index (χ1v) is 9.77. The summed E-state index contributed by atoms with van der Waals surface area (Å²) in [6, 6.07) is 19.6. The zero-order chi connectivity index (χ0) is 20.6. The molecule has 0 saturated carbocycles. The Morgan fingerprint density at radius 3 is 2.53 bits per heavy atom. The monoisotopic (exact) mass is 398 g/mol. The van der Waals surface area contributed by atoms with Crippen molar-refractivity contribution in [3.8, 4) is 5.82 Å². The molecule has 2 N–H and O–H groups in total. The molecule has 0 aliphatic heterocycles. The van der Waals surface area contributed by atoms with Crippen LogP contribution in [-0.2, 0) is 11.2 Å². The first-order chi connectivity index (χ1) is 14.8. The minimum atomic E-state index is 0.0208. The molecule has 0 unspecified atom stereocenters. The van der Waals surface area contributed by atoms with Gasteiger partial charge in [-0.3, -0.25) is 9.36 Å². The lowest BCUT2D eigenvalue weighted by Gasteiger charge is -2.09. The molecule has 0 aliphatic carbocycles. The van der Waals surface area contributed by atoms with Crippen LogP contribution in [-0.4, -0.2) is 25.4 Å². The van der Waals surface area contributed by atoms with Gasteiger partial charge in [0.15, 0.2) is 0 Å². The molecular formula is C23H22N6O. The van der Waals surface area contributed by atoms with Gasteiger partial charge in [-0.2, -0.15) is 0 Å². The number of aryl methyl sites for hydroxylation is 1. The maximum absolute atomic E-state index is 12.2. The van der Waals surface area contributed by atoms with E-state index in [4.69, 9.17) is 0 Å². The Hall–Kier alpha value is -4.00. The molecule has 4 rings (SSSR count). The summed E-state index contributed by atoms with van der Waals surface area (Å²) in [5.41, 5.74) is 2.89. The number of carbonyl (C=O) groups excluding carboxylic acids is 1. The number of hydrogen-bond donors (Lipinski definition) is 2. The fraction of sp³-hybridized carbons (Fsp3) is 0.130. The van der Waals surface area contributed by atoms with Gasteiger partial charge in [-0.1, -0.05) is 30.3 Å². The molecule has 0 atom stereocenters. The van der Waals surface area contributed by atoms with Crippen LogP contribution in [0, 0.1) is 0 Å². The Morgan fingerprint density at radius 1 is 0.967 bits per heavy atom. The van der Waals surface area contributed by atoms with Crippen LogP contribution < -0.4 is 10.6 Å². The maximum Gasteiger partial charge on any atom is 0.224 e. The summed E-state index contributed by atoms with van der Waals surface area (Å²) < 4.78 is 1.81. The third-order valence-corrected chi connectivity index (χ3v) is 4.57. The molecule has 0 bridgehead atoms. The van der Waals surface area contributed by atoms with Crippen molar-refractivity contribution in [1.82, 2.24) is 19.5 Å². The lowest BCUT2D eigenvalue weighted by molar-refractivity contribution is -0.116. The van der Waals surface area contributed by atoms with Gasteiger partial charge in [0, 0.05) is 36.3 Å². The van der Waals surface area contributed by atoms with E-state index in [1.807, 2.05) is 59.3 Å². The average molecular weight is 398 g/mol. The number of nitrogens with one attached hydrogen (secondary N) is 2. The number of benzene rings is 2. The van der Waals surface area contributed by atoms with Crippen LogP contribution in [0.25, 0.3) is 5.82 Å². The fourth-order valence-corrected chi connectivity index (χ4v) is 3.06. The second-order valence-corrected chi connectivity index (χ2v) is 6.82. The summed E-state index contributed by atoms with van der Waals surface area (Å²) >= 11 is 0. The van der Waals surface area contributed by atoms with Crippen LogP contribution in [0.5, 0.6) is 0 Å². The average Bonchev–Trinajstić information content (AvgIpc) is 3.31. The smallest absolute Gasteiger partial charge is 0.224 e. The van der Waals surface area contributed by atoms with Crippen LogP contribution in [0.2, 0.25) is 0 Å². The minimum absolute atomic E-state index is 0.0208. The van der Waals surface area contributed by atoms with Crippen molar-refractivity contribution in [2.45, 2.75) is 19.3 Å². The number of aromatic nitrogens is 4. The van der Waals surface area contributed by atoms with Gasteiger partial charge in [0.1, 0.15) is 24.3 Å². The van der Waals surface area contributed by atoms with Gasteiger partial charge in [0.25, 0.3) is 0 Å². The number of rotatable bonds is 8. The van der Waals surface area contributed by atoms with E-state index in [1.54, 1.807) is 12.5 Å². The standard InChI is InChI=1S/C23H22N6O/c30-23(8-4-7-18-5-2-1-3-6-18)28-20-11-9-19(10-12-20)27-21-15-22(26-16-25-21)29-14-13-24-17-29/h1-3,5-6,9-17H,4,7-8H2,(H,28,30)(H,25,26,27). The second-order valence-electron chi connectivity index (χ2n) is 6.82. The lowest BCUT2D eigenvalue weighted by atomic mass is 10.1. The van der Waals surface area contributed by atoms with Gasteiger partial charge in [0.2, 0.25) is 5.91 Å². The lowest BCUT2D eigenvalue weighted by Crippen LogP contribution is -2.11. The van der Waals surface area contributed by atoms with E-state index in [-0.39, 0.29) is 5.91 Å². The van der Waals surface area contributed by atoms with Crippen molar-refractivity contribution in [2.75, 3.05) is 10.6 Å². The molecule has 150 valence electrons. The van der Waals surface area contributed by atoms with Gasteiger partial charge < -0.3 is 10.6 Å². The van der Waals surface area contributed by atoms with Crippen molar-refractivity contribution in [3.05, 3.63) is 91.3 Å². The zero-order valence-corrected chi connectivity index (χ0v) is 16.4. The first-order valence-electron chi connectivity index (χ1n) is 9.77. The van der Waals surface area contributed by atoms with E-state index in [2.05, 4.69) is 37.7 Å². The number of anilines is 3. The number of carbonyl (C=O) groups is 1. The van der Waals surface area contributed by atoms with Gasteiger partial charge >= 0.3 is 0 Å². The molecule has 0 saturated heterocycles. The molecule has 0 aliphatic rings. The van der Waals surface area contributed by atoms with E-state index < -0.39 is 0 Å². The number of nitrogens with zero attached hydrogens (tertiary/aromatic N) is 4. The summed E-state index contributed by atoms with van der Waals surface area (Å²) in [7, 11) is 0. The quantitative estimate of drug-likeness (QED) is 0.460. The van der Waals surface area contributed by atoms with Crippen LogP contribution in [0.1, 0.15) is 18.4 Å². The van der Waals surface area contributed by atoms with E-state index in [9.17, 15) is 4.79 Å². The number of amides is 1. The van der Waals surface area contributed by atoms with Gasteiger partial charge in [-0.15, -0.1) is 0 Å². The summed E-state index contributed by atoms with van der Waals surface area (Å²) in [5, 5.41) is 6.19. The molecule has 30 heavy (non-hydrogen) atoms. The molecule has 0 fully saturated rings. The topological polar surface area (TPSA) is 84.7 Å². The molecule has 4 aromatic rings. The highest BCUT2D eigenvalue weighted by Crippen LogP contribution is 2.19. The van der Waals surface area contributed by atoms with Crippen molar-refractivity contribution in [2.24, 2.45) is 0 Å². The fourth-order valence-electron chi connectivity index (χ4n) is 3.06. The summed E-state index contributed by atoms with van der Waals surface area (Å²) in [6.07, 6.45) is 8.92. The molecule has 2 aromatic heterocycles. The van der Waals surface area contributed by atoms with Crippen molar-refractivity contribution >= 4 is 23.1 Å². The van der Waals surface area contributed by atoms with Gasteiger partial charge in [0.05, 0.1) is 0 Å². The maximum atomic E-state index is 12.2. The number of hydrogen-bond acceptors (Lipinski definition) is 5. The highest BCUT2D eigenvalue weighted by molar-refractivity contribution is 5.90. The highest BCUT2D eigenvalue weighted by atomic mass is 16.1. The Labute approximate surface area is 174 Å². The Balaban J connectivity index is 1.29. The third kappa shape index (κ3) is 5.29. The van der Waals surface area contributed by atoms with Crippen LogP contribution in [0.3, 0.4) is 0 Å².